The number of hydrogen-bond acceptors (Lipinski definition) is 3. The minimum atomic E-state index is -2.93. The molecule has 0 radical (unpaired) electrons. The predicted molar refractivity (Wildman–Crippen MR) is 85.1 cm³/mol. The number of carbonyl (C=O) groups is 1. The van der Waals surface area contributed by atoms with Gasteiger partial charge in [0.05, 0.1) is 11.6 Å². The Labute approximate surface area is 138 Å². The van der Waals surface area contributed by atoms with Crippen LogP contribution in [0, 0.1) is 11.3 Å². The van der Waals surface area contributed by atoms with Crippen molar-refractivity contribution in [2.24, 2.45) is 0 Å². The van der Waals surface area contributed by atoms with E-state index in [0.29, 0.717) is 17.7 Å². The number of ether oxygens (including phenoxy) is 1. The Balaban J connectivity index is 1.94. The molecule has 0 aliphatic carbocycles. The maximum absolute atomic E-state index is 12.3. The molecule has 4 nitrogen and oxygen atoms in total. The van der Waals surface area contributed by atoms with Gasteiger partial charge in [0.25, 0.3) is 0 Å². The SMILES string of the molecule is N#Cc1ccc(CNC(=O)/C=C/c2ccccc2OC(F)F)cc1. The van der Waals surface area contributed by atoms with Gasteiger partial charge in [0.15, 0.2) is 0 Å². The number of hydrogen-bond donors (Lipinski definition) is 1. The zero-order valence-corrected chi connectivity index (χ0v) is 12.6. The van der Waals surface area contributed by atoms with Crippen molar-refractivity contribution in [3.63, 3.8) is 0 Å². The number of alkyl halides is 2. The molecule has 0 atom stereocenters. The quantitative estimate of drug-likeness (QED) is 0.826. The lowest BCUT2D eigenvalue weighted by molar-refractivity contribution is -0.116. The third-order valence-electron chi connectivity index (χ3n) is 3.10. The predicted octanol–water partition coefficient (Wildman–Crippen LogP) is 3.49. The van der Waals surface area contributed by atoms with Crippen molar-refractivity contribution in [3.05, 3.63) is 71.3 Å². The molecular formula is C18H14F2N2O2. The highest BCUT2D eigenvalue weighted by molar-refractivity contribution is 5.92. The van der Waals surface area contributed by atoms with Gasteiger partial charge in [-0.1, -0.05) is 30.3 Å². The van der Waals surface area contributed by atoms with Crippen LogP contribution in [0.15, 0.2) is 54.6 Å². The highest BCUT2D eigenvalue weighted by Crippen LogP contribution is 2.21. The number of carbonyl (C=O) groups excluding carboxylic acids is 1. The third kappa shape index (κ3) is 5.21. The maximum atomic E-state index is 12.3. The molecule has 1 N–H and O–H groups in total. The molecule has 2 rings (SSSR count). The molecule has 6 heteroatoms. The number of amides is 1. The first-order chi connectivity index (χ1) is 11.6. The average Bonchev–Trinajstić information content (AvgIpc) is 2.59. The normalized spacial score (nSPS) is 10.6. The van der Waals surface area contributed by atoms with Gasteiger partial charge in [0.2, 0.25) is 5.91 Å². The van der Waals surface area contributed by atoms with Crippen molar-refractivity contribution < 1.29 is 18.3 Å². The summed E-state index contributed by atoms with van der Waals surface area (Å²) in [6, 6.07) is 15.0. The molecule has 0 aromatic heterocycles. The van der Waals surface area contributed by atoms with Crippen molar-refractivity contribution in [1.82, 2.24) is 5.32 Å². The van der Waals surface area contributed by atoms with Gasteiger partial charge in [-0.05, 0) is 29.8 Å². The maximum Gasteiger partial charge on any atom is 0.387 e. The van der Waals surface area contributed by atoms with Crippen LogP contribution in [0.3, 0.4) is 0 Å². The number of nitriles is 1. The summed E-state index contributed by atoms with van der Waals surface area (Å²) in [4.78, 5) is 11.8. The second-order valence-electron chi connectivity index (χ2n) is 4.78. The summed E-state index contributed by atoms with van der Waals surface area (Å²) in [6.07, 6.45) is 2.66. The zero-order valence-electron chi connectivity index (χ0n) is 12.6. The molecule has 1 amide bonds. The minimum absolute atomic E-state index is 0.00337. The Hall–Kier alpha value is -3.20. The minimum Gasteiger partial charge on any atom is -0.434 e. The highest BCUT2D eigenvalue weighted by atomic mass is 19.3. The van der Waals surface area contributed by atoms with Gasteiger partial charge in [-0.2, -0.15) is 14.0 Å². The molecule has 2 aromatic carbocycles. The second kappa shape index (κ2) is 8.44. The molecule has 0 heterocycles. The first-order valence-electron chi connectivity index (χ1n) is 7.07. The zero-order chi connectivity index (χ0) is 17.4. The van der Waals surface area contributed by atoms with E-state index in [0.717, 1.165) is 5.56 Å². The first kappa shape index (κ1) is 17.2. The van der Waals surface area contributed by atoms with E-state index in [1.807, 2.05) is 6.07 Å². The van der Waals surface area contributed by atoms with Crippen LogP contribution in [0.4, 0.5) is 8.78 Å². The fourth-order valence-electron chi connectivity index (χ4n) is 1.93. The Morgan fingerprint density at radius 2 is 1.92 bits per heavy atom. The van der Waals surface area contributed by atoms with Crippen LogP contribution in [-0.4, -0.2) is 12.5 Å². The van der Waals surface area contributed by atoms with Crippen LogP contribution in [0.2, 0.25) is 0 Å². The van der Waals surface area contributed by atoms with Gasteiger partial charge in [-0.25, -0.2) is 0 Å². The summed E-state index contributed by atoms with van der Waals surface area (Å²) in [7, 11) is 0. The van der Waals surface area contributed by atoms with E-state index < -0.39 is 6.61 Å². The smallest absolute Gasteiger partial charge is 0.387 e. The van der Waals surface area contributed by atoms with E-state index in [4.69, 9.17) is 5.26 Å². The van der Waals surface area contributed by atoms with E-state index in [2.05, 4.69) is 10.1 Å². The van der Waals surface area contributed by atoms with E-state index in [9.17, 15) is 13.6 Å². The van der Waals surface area contributed by atoms with Crippen LogP contribution in [0.5, 0.6) is 5.75 Å². The number of benzene rings is 2. The molecule has 0 aliphatic rings. The summed E-state index contributed by atoms with van der Waals surface area (Å²) in [5, 5.41) is 11.4. The Morgan fingerprint density at radius 1 is 1.21 bits per heavy atom. The number of rotatable bonds is 6. The highest BCUT2D eigenvalue weighted by Gasteiger charge is 2.07. The van der Waals surface area contributed by atoms with Crippen molar-refractivity contribution >= 4 is 12.0 Å². The topological polar surface area (TPSA) is 62.1 Å². The Morgan fingerprint density at radius 3 is 2.58 bits per heavy atom. The number of para-hydroxylation sites is 1. The van der Waals surface area contributed by atoms with Gasteiger partial charge >= 0.3 is 6.61 Å². The lowest BCUT2D eigenvalue weighted by Crippen LogP contribution is -2.20. The van der Waals surface area contributed by atoms with Crippen molar-refractivity contribution in [2.45, 2.75) is 13.2 Å². The van der Waals surface area contributed by atoms with Gasteiger partial charge in [0, 0.05) is 18.2 Å². The Kier molecular flexibility index (Phi) is 6.03. The molecule has 0 unspecified atom stereocenters. The number of nitrogens with one attached hydrogen (secondary N) is 1. The molecule has 24 heavy (non-hydrogen) atoms. The second-order valence-corrected chi connectivity index (χ2v) is 4.78. The standard InChI is InChI=1S/C18H14F2N2O2/c19-18(20)24-16-4-2-1-3-15(16)9-10-17(23)22-12-14-7-5-13(11-21)6-8-14/h1-10,18H,12H2,(H,22,23)/b10-9+. The number of halogens is 2. The van der Waals surface area contributed by atoms with Crippen molar-refractivity contribution in [1.29, 1.82) is 5.26 Å². The van der Waals surface area contributed by atoms with E-state index in [-0.39, 0.29) is 11.7 Å². The summed E-state index contributed by atoms with van der Waals surface area (Å²) in [6.45, 7) is -2.63. The monoisotopic (exact) mass is 328 g/mol. The van der Waals surface area contributed by atoms with E-state index >= 15 is 0 Å². The van der Waals surface area contributed by atoms with Gasteiger partial charge < -0.3 is 10.1 Å². The first-order valence-corrected chi connectivity index (χ1v) is 7.07. The largest absolute Gasteiger partial charge is 0.434 e. The Bertz CT molecular complexity index is 765. The molecule has 0 saturated carbocycles. The summed E-state index contributed by atoms with van der Waals surface area (Å²) in [5.41, 5.74) is 1.77. The molecular weight excluding hydrogens is 314 g/mol. The molecule has 0 aliphatic heterocycles. The van der Waals surface area contributed by atoms with Crippen LogP contribution >= 0.6 is 0 Å². The van der Waals surface area contributed by atoms with Crippen LogP contribution in [-0.2, 0) is 11.3 Å². The van der Waals surface area contributed by atoms with Crippen molar-refractivity contribution in [2.75, 3.05) is 0 Å². The van der Waals surface area contributed by atoms with E-state index in [1.165, 1.54) is 18.2 Å². The van der Waals surface area contributed by atoms with E-state index in [1.54, 1.807) is 42.5 Å². The summed E-state index contributed by atoms with van der Waals surface area (Å²) < 4.78 is 29.0. The summed E-state index contributed by atoms with van der Waals surface area (Å²) >= 11 is 0. The lowest BCUT2D eigenvalue weighted by Gasteiger charge is -2.07. The van der Waals surface area contributed by atoms with Crippen molar-refractivity contribution in [3.8, 4) is 11.8 Å². The average molecular weight is 328 g/mol. The van der Waals surface area contributed by atoms with Gasteiger partial charge in [0.1, 0.15) is 5.75 Å². The third-order valence-corrected chi connectivity index (χ3v) is 3.10. The molecule has 122 valence electrons. The lowest BCUT2D eigenvalue weighted by atomic mass is 10.1. The molecule has 0 spiro atoms. The summed E-state index contributed by atoms with van der Waals surface area (Å²) in [5.74, 6) is -0.366. The van der Waals surface area contributed by atoms with Gasteiger partial charge in [-0.15, -0.1) is 0 Å². The van der Waals surface area contributed by atoms with Crippen LogP contribution in [0.1, 0.15) is 16.7 Å². The number of nitrogens with zero attached hydrogens (tertiary/aromatic N) is 1. The molecule has 0 fully saturated rings. The fourth-order valence-corrected chi connectivity index (χ4v) is 1.93. The van der Waals surface area contributed by atoms with Crippen LogP contribution < -0.4 is 10.1 Å². The molecule has 2 aromatic rings. The molecule has 0 bridgehead atoms. The fraction of sp³-hybridized carbons (Fsp3) is 0.111. The van der Waals surface area contributed by atoms with Crippen LogP contribution in [0.25, 0.3) is 6.08 Å². The van der Waals surface area contributed by atoms with Gasteiger partial charge in [-0.3, -0.25) is 4.79 Å². The molecule has 0 saturated heterocycles.